The zero-order valence-electron chi connectivity index (χ0n) is 12.2. The van der Waals surface area contributed by atoms with Gasteiger partial charge < -0.3 is 10.2 Å². The highest BCUT2D eigenvalue weighted by molar-refractivity contribution is 5.88. The van der Waals surface area contributed by atoms with E-state index in [2.05, 4.69) is 31.1 Å². The Morgan fingerprint density at radius 1 is 1.32 bits per heavy atom. The van der Waals surface area contributed by atoms with Gasteiger partial charge in [-0.2, -0.15) is 0 Å². The van der Waals surface area contributed by atoms with E-state index in [0.717, 1.165) is 38.9 Å². The molecule has 0 unspecified atom stereocenters. The van der Waals surface area contributed by atoms with Crippen molar-refractivity contribution in [1.82, 2.24) is 15.1 Å². The lowest BCUT2D eigenvalue weighted by Crippen LogP contribution is -2.61. The molecule has 0 aromatic rings. The number of likely N-dealkylation sites (N-methyl/N-ethyl adjacent to an activating group) is 1. The number of piperazine rings is 1. The second kappa shape index (κ2) is 5.49. The summed E-state index contributed by atoms with van der Waals surface area (Å²) in [7, 11) is 2.09. The molecule has 0 aromatic carbocycles. The highest BCUT2D eigenvalue weighted by Crippen LogP contribution is 2.20. The van der Waals surface area contributed by atoms with E-state index in [1.807, 2.05) is 4.90 Å². The third-order valence-corrected chi connectivity index (χ3v) is 4.41. The molecule has 2 fully saturated rings. The van der Waals surface area contributed by atoms with Crippen molar-refractivity contribution in [2.45, 2.75) is 51.1 Å². The summed E-state index contributed by atoms with van der Waals surface area (Å²) in [6.07, 6.45) is 3.17. The SMILES string of the molecule is CN1CCN(C(=O)[C@H]2CCCCC(=O)N2)CC1(C)C. The monoisotopic (exact) mass is 267 g/mol. The maximum absolute atomic E-state index is 12.5. The summed E-state index contributed by atoms with van der Waals surface area (Å²) in [5.74, 6) is 0.112. The predicted octanol–water partition coefficient (Wildman–Crippen LogP) is 0.598. The summed E-state index contributed by atoms with van der Waals surface area (Å²) in [6.45, 7) is 6.68. The molecule has 2 amide bonds. The van der Waals surface area contributed by atoms with Crippen LogP contribution in [0.2, 0.25) is 0 Å². The smallest absolute Gasteiger partial charge is 0.245 e. The lowest BCUT2D eigenvalue weighted by atomic mass is 9.98. The van der Waals surface area contributed by atoms with Crippen molar-refractivity contribution in [3.8, 4) is 0 Å². The van der Waals surface area contributed by atoms with Gasteiger partial charge in [0.15, 0.2) is 0 Å². The van der Waals surface area contributed by atoms with Crippen molar-refractivity contribution in [3.05, 3.63) is 0 Å². The summed E-state index contributed by atoms with van der Waals surface area (Å²) in [4.78, 5) is 28.3. The minimum absolute atomic E-state index is 0.00263. The van der Waals surface area contributed by atoms with Gasteiger partial charge in [0.25, 0.3) is 0 Å². The van der Waals surface area contributed by atoms with E-state index < -0.39 is 0 Å². The van der Waals surface area contributed by atoms with Crippen LogP contribution in [0.25, 0.3) is 0 Å². The molecule has 2 saturated heterocycles. The van der Waals surface area contributed by atoms with Gasteiger partial charge in [0.05, 0.1) is 0 Å². The number of carbonyl (C=O) groups excluding carboxylic acids is 2. The maximum atomic E-state index is 12.5. The Balaban J connectivity index is 2.01. The van der Waals surface area contributed by atoms with Crippen LogP contribution in [0.3, 0.4) is 0 Å². The van der Waals surface area contributed by atoms with Crippen molar-refractivity contribution in [1.29, 1.82) is 0 Å². The Kier molecular flexibility index (Phi) is 4.13. The van der Waals surface area contributed by atoms with Crippen LogP contribution in [0.15, 0.2) is 0 Å². The molecule has 2 heterocycles. The number of hydrogen-bond donors (Lipinski definition) is 1. The average Bonchev–Trinajstić information content (AvgIpc) is 2.56. The van der Waals surface area contributed by atoms with Crippen molar-refractivity contribution in [3.63, 3.8) is 0 Å². The fourth-order valence-corrected chi connectivity index (χ4v) is 2.81. The number of carbonyl (C=O) groups is 2. The Morgan fingerprint density at radius 3 is 2.74 bits per heavy atom. The first-order valence-electron chi connectivity index (χ1n) is 7.19. The number of amides is 2. The molecule has 1 N–H and O–H groups in total. The Bertz CT molecular complexity index is 368. The van der Waals surface area contributed by atoms with E-state index in [1.165, 1.54) is 0 Å². The number of nitrogens with zero attached hydrogens (tertiary/aromatic N) is 2. The molecule has 0 saturated carbocycles. The quantitative estimate of drug-likeness (QED) is 0.757. The molecule has 19 heavy (non-hydrogen) atoms. The molecule has 0 aromatic heterocycles. The Hall–Kier alpha value is -1.10. The fraction of sp³-hybridized carbons (Fsp3) is 0.857. The van der Waals surface area contributed by atoms with Gasteiger partial charge in [-0.15, -0.1) is 0 Å². The molecule has 0 radical (unpaired) electrons. The molecule has 1 atom stereocenters. The molecular weight excluding hydrogens is 242 g/mol. The van der Waals surface area contributed by atoms with Crippen LogP contribution in [0.4, 0.5) is 0 Å². The third kappa shape index (κ3) is 3.26. The van der Waals surface area contributed by atoms with Crippen LogP contribution < -0.4 is 5.32 Å². The summed E-state index contributed by atoms with van der Waals surface area (Å²) < 4.78 is 0. The van der Waals surface area contributed by atoms with E-state index in [4.69, 9.17) is 0 Å². The summed E-state index contributed by atoms with van der Waals surface area (Å²) in [5, 5.41) is 2.87. The Morgan fingerprint density at radius 2 is 2.05 bits per heavy atom. The number of nitrogens with one attached hydrogen (secondary N) is 1. The minimum atomic E-state index is -0.311. The zero-order valence-corrected chi connectivity index (χ0v) is 12.2. The second-order valence-electron chi connectivity index (χ2n) is 6.36. The predicted molar refractivity (Wildman–Crippen MR) is 73.7 cm³/mol. The molecule has 0 bridgehead atoms. The first kappa shape index (κ1) is 14.3. The van der Waals surface area contributed by atoms with E-state index >= 15 is 0 Å². The maximum Gasteiger partial charge on any atom is 0.245 e. The van der Waals surface area contributed by atoms with Crippen molar-refractivity contribution >= 4 is 11.8 Å². The molecule has 5 heteroatoms. The molecule has 2 aliphatic heterocycles. The van der Waals surface area contributed by atoms with Gasteiger partial charge >= 0.3 is 0 Å². The lowest BCUT2D eigenvalue weighted by molar-refractivity contribution is -0.140. The van der Waals surface area contributed by atoms with Gasteiger partial charge in [-0.1, -0.05) is 6.42 Å². The first-order valence-corrected chi connectivity index (χ1v) is 7.19. The van der Waals surface area contributed by atoms with E-state index in [1.54, 1.807) is 0 Å². The topological polar surface area (TPSA) is 52.7 Å². The van der Waals surface area contributed by atoms with Crippen molar-refractivity contribution in [2.24, 2.45) is 0 Å². The van der Waals surface area contributed by atoms with Gasteiger partial charge in [0, 0.05) is 31.6 Å². The zero-order chi connectivity index (χ0) is 14.0. The second-order valence-corrected chi connectivity index (χ2v) is 6.36. The van der Waals surface area contributed by atoms with Crippen LogP contribution in [0.1, 0.15) is 39.5 Å². The number of hydrogen-bond acceptors (Lipinski definition) is 3. The van der Waals surface area contributed by atoms with Gasteiger partial charge in [-0.25, -0.2) is 0 Å². The van der Waals surface area contributed by atoms with Crippen LogP contribution in [0, 0.1) is 0 Å². The van der Waals surface area contributed by atoms with E-state index in [-0.39, 0.29) is 23.4 Å². The molecule has 5 nitrogen and oxygen atoms in total. The van der Waals surface area contributed by atoms with Gasteiger partial charge in [0.1, 0.15) is 6.04 Å². The van der Waals surface area contributed by atoms with Crippen molar-refractivity contribution in [2.75, 3.05) is 26.7 Å². The van der Waals surface area contributed by atoms with E-state index in [0.29, 0.717) is 6.42 Å². The van der Waals surface area contributed by atoms with Crippen LogP contribution in [0.5, 0.6) is 0 Å². The highest BCUT2D eigenvalue weighted by Gasteiger charge is 2.36. The molecule has 108 valence electrons. The van der Waals surface area contributed by atoms with Gasteiger partial charge in [-0.05, 0) is 33.7 Å². The third-order valence-electron chi connectivity index (χ3n) is 4.41. The average molecular weight is 267 g/mol. The summed E-state index contributed by atoms with van der Waals surface area (Å²) in [5.41, 5.74) is 0.00263. The van der Waals surface area contributed by atoms with Gasteiger partial charge in [0.2, 0.25) is 11.8 Å². The van der Waals surface area contributed by atoms with Crippen molar-refractivity contribution < 1.29 is 9.59 Å². The number of rotatable bonds is 1. The minimum Gasteiger partial charge on any atom is -0.344 e. The standard InChI is InChI=1S/C14H25N3O2/c1-14(2)10-17(9-8-16(14)3)13(19)11-6-4-5-7-12(18)15-11/h11H,4-10H2,1-3H3,(H,15,18)/t11-/m1/s1. The molecule has 0 spiro atoms. The van der Waals surface area contributed by atoms with Crippen LogP contribution in [-0.2, 0) is 9.59 Å². The normalized spacial score (nSPS) is 28.7. The molecule has 2 rings (SSSR count). The molecule has 2 aliphatic rings. The molecular formula is C14H25N3O2. The fourth-order valence-electron chi connectivity index (χ4n) is 2.81. The summed E-state index contributed by atoms with van der Waals surface area (Å²) >= 11 is 0. The van der Waals surface area contributed by atoms with E-state index in [9.17, 15) is 9.59 Å². The molecule has 0 aliphatic carbocycles. The lowest BCUT2D eigenvalue weighted by Gasteiger charge is -2.46. The van der Waals surface area contributed by atoms with Gasteiger partial charge in [-0.3, -0.25) is 14.5 Å². The summed E-state index contributed by atoms with van der Waals surface area (Å²) in [6, 6.07) is -0.311. The highest BCUT2D eigenvalue weighted by atomic mass is 16.2. The first-order chi connectivity index (χ1) is 8.90. The van der Waals surface area contributed by atoms with Crippen LogP contribution in [-0.4, -0.2) is 59.9 Å². The largest absolute Gasteiger partial charge is 0.344 e. The van der Waals surface area contributed by atoms with Crippen LogP contribution >= 0.6 is 0 Å². The Labute approximate surface area is 115 Å².